The van der Waals surface area contributed by atoms with E-state index in [0.29, 0.717) is 10.9 Å². The monoisotopic (exact) mass is 321 g/mol. The normalized spacial score (nSPS) is 11.6. The van der Waals surface area contributed by atoms with Crippen LogP contribution in [0.3, 0.4) is 0 Å². The molecular formula is C16H16ClNO4. The van der Waals surface area contributed by atoms with E-state index in [1.54, 1.807) is 56.6 Å². The summed E-state index contributed by atoms with van der Waals surface area (Å²) in [5, 5.41) is 0.395. The minimum Gasteiger partial charge on any atom is -0.497 e. The highest BCUT2D eigenvalue weighted by molar-refractivity contribution is 6.29. The smallest absolute Gasteiger partial charge is 0.347 e. The van der Waals surface area contributed by atoms with E-state index in [1.165, 1.54) is 0 Å². The quantitative estimate of drug-likeness (QED) is 0.604. The molecule has 0 saturated heterocycles. The van der Waals surface area contributed by atoms with E-state index >= 15 is 0 Å². The Labute approximate surface area is 133 Å². The van der Waals surface area contributed by atoms with Crippen LogP contribution in [0, 0.1) is 0 Å². The summed E-state index contributed by atoms with van der Waals surface area (Å²) in [6.07, 6.45) is 0.846. The van der Waals surface area contributed by atoms with Gasteiger partial charge in [0.2, 0.25) is 0 Å². The van der Waals surface area contributed by atoms with Crippen molar-refractivity contribution in [2.75, 3.05) is 7.11 Å². The van der Waals surface area contributed by atoms with Crippen molar-refractivity contribution in [2.45, 2.75) is 19.6 Å². The van der Waals surface area contributed by atoms with Crippen molar-refractivity contribution < 1.29 is 19.0 Å². The Kier molecular flexibility index (Phi) is 5.61. The maximum absolute atomic E-state index is 11.9. The van der Waals surface area contributed by atoms with Gasteiger partial charge in [-0.2, -0.15) is 0 Å². The number of ether oxygens (including phenoxy) is 3. The van der Waals surface area contributed by atoms with Gasteiger partial charge < -0.3 is 14.2 Å². The molecular weight excluding hydrogens is 306 g/mol. The molecule has 2 rings (SSSR count). The molecule has 0 aliphatic rings. The predicted octanol–water partition coefficient (Wildman–Crippen LogP) is 3.25. The Hall–Kier alpha value is -2.27. The number of hydrogen-bond acceptors (Lipinski definition) is 5. The molecule has 2 aromatic rings. The molecule has 1 unspecified atom stereocenters. The van der Waals surface area contributed by atoms with Gasteiger partial charge in [0.1, 0.15) is 23.3 Å². The zero-order valence-electron chi connectivity index (χ0n) is 12.3. The third-order valence-corrected chi connectivity index (χ3v) is 3.10. The molecule has 0 amide bonds. The minimum atomic E-state index is -0.714. The Balaban J connectivity index is 1.84. The molecule has 0 spiro atoms. The highest BCUT2D eigenvalue weighted by Gasteiger charge is 2.16. The van der Waals surface area contributed by atoms with Gasteiger partial charge in [0.05, 0.1) is 7.11 Å². The van der Waals surface area contributed by atoms with Crippen molar-refractivity contribution >= 4 is 17.6 Å². The Morgan fingerprint density at radius 3 is 2.45 bits per heavy atom. The lowest BCUT2D eigenvalue weighted by atomic mass is 10.3. The standard InChI is InChI=1S/C16H16ClNO4/c1-11(22-14-6-4-13(20-2)5-7-14)16(19)21-10-12-3-8-15(17)18-9-12/h3-9,11H,10H2,1-2H3. The fourth-order valence-corrected chi connectivity index (χ4v) is 1.78. The molecule has 0 aliphatic heterocycles. The Morgan fingerprint density at radius 1 is 1.18 bits per heavy atom. The van der Waals surface area contributed by atoms with Crippen LogP contribution in [0.15, 0.2) is 42.6 Å². The molecule has 0 radical (unpaired) electrons. The summed E-state index contributed by atoms with van der Waals surface area (Å²) < 4.78 is 15.7. The molecule has 116 valence electrons. The fraction of sp³-hybridized carbons (Fsp3) is 0.250. The minimum absolute atomic E-state index is 0.124. The van der Waals surface area contributed by atoms with Crippen molar-refractivity contribution in [1.82, 2.24) is 4.98 Å². The van der Waals surface area contributed by atoms with Gasteiger partial charge in [-0.05, 0) is 37.3 Å². The average Bonchev–Trinajstić information content (AvgIpc) is 2.54. The second kappa shape index (κ2) is 7.66. The van der Waals surface area contributed by atoms with E-state index in [0.717, 1.165) is 11.3 Å². The topological polar surface area (TPSA) is 57.7 Å². The van der Waals surface area contributed by atoms with Crippen LogP contribution in [-0.4, -0.2) is 24.2 Å². The molecule has 0 bridgehead atoms. The largest absolute Gasteiger partial charge is 0.497 e. The number of nitrogens with zero attached hydrogens (tertiary/aromatic N) is 1. The summed E-state index contributed by atoms with van der Waals surface area (Å²) in [6, 6.07) is 10.4. The first-order valence-electron chi connectivity index (χ1n) is 6.66. The van der Waals surface area contributed by atoms with Gasteiger partial charge >= 0.3 is 5.97 Å². The van der Waals surface area contributed by atoms with E-state index < -0.39 is 12.1 Å². The summed E-state index contributed by atoms with van der Waals surface area (Å²) >= 11 is 5.69. The molecule has 0 saturated carbocycles. The lowest BCUT2D eigenvalue weighted by Crippen LogP contribution is -2.26. The highest BCUT2D eigenvalue weighted by Crippen LogP contribution is 2.18. The second-order valence-electron chi connectivity index (χ2n) is 4.53. The van der Waals surface area contributed by atoms with Gasteiger partial charge in [0, 0.05) is 11.8 Å². The number of hydrogen-bond donors (Lipinski definition) is 0. The third-order valence-electron chi connectivity index (χ3n) is 2.87. The zero-order valence-corrected chi connectivity index (χ0v) is 13.0. The number of pyridine rings is 1. The molecule has 6 heteroatoms. The number of carbonyl (C=O) groups excluding carboxylic acids is 1. The first-order chi connectivity index (χ1) is 10.6. The summed E-state index contributed by atoms with van der Waals surface area (Å²) in [7, 11) is 1.58. The second-order valence-corrected chi connectivity index (χ2v) is 4.92. The third kappa shape index (κ3) is 4.63. The molecule has 1 atom stereocenters. The number of carbonyl (C=O) groups is 1. The number of methoxy groups -OCH3 is 1. The molecule has 1 aromatic heterocycles. The van der Waals surface area contributed by atoms with E-state index in [1.807, 2.05) is 0 Å². The summed E-state index contributed by atoms with van der Waals surface area (Å²) in [4.78, 5) is 15.8. The van der Waals surface area contributed by atoms with Crippen molar-refractivity contribution in [3.8, 4) is 11.5 Å². The van der Waals surface area contributed by atoms with Crippen LogP contribution in [-0.2, 0) is 16.1 Å². The number of benzene rings is 1. The maximum atomic E-state index is 11.9. The van der Waals surface area contributed by atoms with Crippen molar-refractivity contribution in [3.63, 3.8) is 0 Å². The first kappa shape index (κ1) is 16.1. The van der Waals surface area contributed by atoms with Gasteiger partial charge in [-0.3, -0.25) is 0 Å². The summed E-state index contributed by atoms with van der Waals surface area (Å²) in [5.74, 6) is 0.835. The number of halogens is 1. The van der Waals surface area contributed by atoms with Crippen molar-refractivity contribution in [2.24, 2.45) is 0 Å². The molecule has 22 heavy (non-hydrogen) atoms. The number of esters is 1. The van der Waals surface area contributed by atoms with E-state index in [2.05, 4.69) is 4.98 Å². The zero-order chi connectivity index (χ0) is 15.9. The lowest BCUT2D eigenvalue weighted by Gasteiger charge is -2.14. The molecule has 0 fully saturated rings. The molecule has 0 N–H and O–H groups in total. The van der Waals surface area contributed by atoms with Crippen LogP contribution in [0.5, 0.6) is 11.5 Å². The van der Waals surface area contributed by atoms with Crippen LogP contribution < -0.4 is 9.47 Å². The van der Waals surface area contributed by atoms with Gasteiger partial charge in [0.15, 0.2) is 6.10 Å². The predicted molar refractivity (Wildman–Crippen MR) is 82.1 cm³/mol. The van der Waals surface area contributed by atoms with Crippen molar-refractivity contribution in [3.05, 3.63) is 53.3 Å². The van der Waals surface area contributed by atoms with Crippen molar-refractivity contribution in [1.29, 1.82) is 0 Å². The van der Waals surface area contributed by atoms with E-state index in [-0.39, 0.29) is 6.61 Å². The van der Waals surface area contributed by atoms with Crippen LogP contribution >= 0.6 is 11.6 Å². The lowest BCUT2D eigenvalue weighted by molar-refractivity contribution is -0.152. The highest BCUT2D eigenvalue weighted by atomic mass is 35.5. The van der Waals surface area contributed by atoms with E-state index in [4.69, 9.17) is 25.8 Å². The molecule has 1 heterocycles. The van der Waals surface area contributed by atoms with Crippen LogP contribution in [0.4, 0.5) is 0 Å². The van der Waals surface area contributed by atoms with Gasteiger partial charge in [-0.15, -0.1) is 0 Å². The summed E-state index contributed by atoms with van der Waals surface area (Å²) in [5.41, 5.74) is 0.759. The number of rotatable bonds is 6. The van der Waals surface area contributed by atoms with Gasteiger partial charge in [0.25, 0.3) is 0 Å². The first-order valence-corrected chi connectivity index (χ1v) is 7.04. The van der Waals surface area contributed by atoms with Crippen LogP contribution in [0.2, 0.25) is 5.15 Å². The Bertz CT molecular complexity index is 613. The molecule has 1 aromatic carbocycles. The summed E-state index contributed by atoms with van der Waals surface area (Å²) in [6.45, 7) is 1.76. The fourth-order valence-electron chi connectivity index (χ4n) is 1.67. The maximum Gasteiger partial charge on any atom is 0.347 e. The SMILES string of the molecule is COc1ccc(OC(C)C(=O)OCc2ccc(Cl)nc2)cc1. The average molecular weight is 322 g/mol. The van der Waals surface area contributed by atoms with Gasteiger partial charge in [-0.1, -0.05) is 17.7 Å². The molecule has 0 aliphatic carbocycles. The number of aromatic nitrogens is 1. The van der Waals surface area contributed by atoms with Crippen LogP contribution in [0.25, 0.3) is 0 Å². The van der Waals surface area contributed by atoms with Gasteiger partial charge in [-0.25, -0.2) is 9.78 Å². The molecule has 5 nitrogen and oxygen atoms in total. The van der Waals surface area contributed by atoms with Crippen LogP contribution in [0.1, 0.15) is 12.5 Å². The Morgan fingerprint density at radius 2 is 1.86 bits per heavy atom. The van der Waals surface area contributed by atoms with E-state index in [9.17, 15) is 4.79 Å².